The highest BCUT2D eigenvalue weighted by Gasteiger charge is 2.30. The summed E-state index contributed by atoms with van der Waals surface area (Å²) in [4.78, 5) is 27.8. The number of aromatic nitrogens is 1. The number of ether oxygens (including phenoxy) is 1. The van der Waals surface area contributed by atoms with Gasteiger partial charge in [0.2, 0.25) is 0 Å². The van der Waals surface area contributed by atoms with E-state index in [1.807, 2.05) is 18.2 Å². The molecule has 4 rings (SSSR count). The van der Waals surface area contributed by atoms with Gasteiger partial charge in [-0.1, -0.05) is 41.9 Å². The van der Waals surface area contributed by atoms with Gasteiger partial charge in [-0.25, -0.2) is 18.2 Å². The summed E-state index contributed by atoms with van der Waals surface area (Å²) in [6.45, 7) is -0.0845. The number of anilines is 2. The molecule has 0 unspecified atom stereocenters. The number of pyridine rings is 1. The molecular weight excluding hydrogens is 478 g/mol. The summed E-state index contributed by atoms with van der Waals surface area (Å²) >= 11 is 5.73. The number of fused-ring (bicyclic) bond motifs is 1. The highest BCUT2D eigenvalue weighted by atomic mass is 35.5. The molecule has 174 valence electrons. The Bertz CT molecular complexity index is 1340. The topological polar surface area (TPSA) is 106 Å². The number of rotatable bonds is 7. The average Bonchev–Trinajstić information content (AvgIpc) is 3.28. The highest BCUT2D eigenvalue weighted by molar-refractivity contribution is 7.92. The van der Waals surface area contributed by atoms with Crippen LogP contribution in [0, 0.1) is 0 Å². The molecule has 8 nitrogen and oxygen atoms in total. The maximum absolute atomic E-state index is 13.1. The molecule has 3 aromatic rings. The average molecular weight is 498 g/mol. The summed E-state index contributed by atoms with van der Waals surface area (Å²) in [5.41, 5.74) is 2.31. The fourth-order valence-electron chi connectivity index (χ4n) is 3.41. The second-order valence-electron chi connectivity index (χ2n) is 7.38. The molecule has 2 heterocycles. The van der Waals surface area contributed by atoms with Crippen LogP contribution in [0.25, 0.3) is 6.08 Å². The lowest BCUT2D eigenvalue weighted by Gasteiger charge is -2.19. The van der Waals surface area contributed by atoms with E-state index < -0.39 is 28.5 Å². The SMILES string of the molecule is O=C(COC(=O)/C=C/c1ccc(S(=O)(=O)N2CCc3ccccc32)cc1)Nc1ccc(Cl)cn1. The Morgan fingerprint density at radius 1 is 1.09 bits per heavy atom. The molecule has 10 heteroatoms. The van der Waals surface area contributed by atoms with E-state index >= 15 is 0 Å². The van der Waals surface area contributed by atoms with Gasteiger partial charge in [-0.3, -0.25) is 9.10 Å². The van der Waals surface area contributed by atoms with Gasteiger partial charge in [0.25, 0.3) is 15.9 Å². The van der Waals surface area contributed by atoms with Crippen LogP contribution in [0.5, 0.6) is 0 Å². The fraction of sp³-hybridized carbons (Fsp3) is 0.125. The summed E-state index contributed by atoms with van der Waals surface area (Å²) in [5.74, 6) is -0.979. The third-order valence-electron chi connectivity index (χ3n) is 5.06. The number of esters is 1. The Kier molecular flexibility index (Phi) is 6.95. The van der Waals surface area contributed by atoms with E-state index in [0.29, 0.717) is 29.2 Å². The van der Waals surface area contributed by atoms with Crippen molar-refractivity contribution in [3.05, 3.63) is 89.1 Å². The van der Waals surface area contributed by atoms with Gasteiger partial charge < -0.3 is 10.1 Å². The first kappa shape index (κ1) is 23.5. The number of nitrogens with one attached hydrogen (secondary N) is 1. The molecule has 1 aliphatic heterocycles. The van der Waals surface area contributed by atoms with Gasteiger partial charge >= 0.3 is 5.97 Å². The number of nitrogens with zero attached hydrogens (tertiary/aromatic N) is 2. The van der Waals surface area contributed by atoms with Crippen molar-refractivity contribution in [2.75, 3.05) is 22.8 Å². The van der Waals surface area contributed by atoms with Crippen molar-refractivity contribution in [3.63, 3.8) is 0 Å². The van der Waals surface area contributed by atoms with Crippen molar-refractivity contribution in [1.82, 2.24) is 4.98 Å². The van der Waals surface area contributed by atoms with Gasteiger partial charge in [0.05, 0.1) is 15.6 Å². The zero-order chi connectivity index (χ0) is 24.1. The number of sulfonamides is 1. The zero-order valence-electron chi connectivity index (χ0n) is 17.8. The molecule has 1 aromatic heterocycles. The van der Waals surface area contributed by atoms with Crippen LogP contribution in [0.3, 0.4) is 0 Å². The van der Waals surface area contributed by atoms with Gasteiger partial charge in [0.15, 0.2) is 6.61 Å². The lowest BCUT2D eigenvalue weighted by atomic mass is 10.2. The molecule has 0 fully saturated rings. The predicted octanol–water partition coefficient (Wildman–Crippen LogP) is 3.68. The molecule has 0 spiro atoms. The van der Waals surface area contributed by atoms with Crippen molar-refractivity contribution < 1.29 is 22.7 Å². The van der Waals surface area contributed by atoms with E-state index in [4.69, 9.17) is 16.3 Å². The first-order chi connectivity index (χ1) is 16.3. The van der Waals surface area contributed by atoms with Gasteiger partial charge in [0, 0.05) is 18.8 Å². The number of amides is 1. The highest BCUT2D eigenvalue weighted by Crippen LogP contribution is 2.32. The number of hydrogen-bond donors (Lipinski definition) is 1. The second-order valence-corrected chi connectivity index (χ2v) is 9.67. The number of benzene rings is 2. The Morgan fingerprint density at radius 2 is 1.85 bits per heavy atom. The van der Waals surface area contributed by atoms with E-state index in [-0.39, 0.29) is 10.7 Å². The van der Waals surface area contributed by atoms with Crippen LogP contribution in [0.2, 0.25) is 5.02 Å². The van der Waals surface area contributed by atoms with Crippen LogP contribution in [-0.2, 0) is 30.8 Å². The van der Waals surface area contributed by atoms with E-state index in [2.05, 4.69) is 10.3 Å². The van der Waals surface area contributed by atoms with Crippen LogP contribution < -0.4 is 9.62 Å². The summed E-state index contributed by atoms with van der Waals surface area (Å²) in [6.07, 6.45) is 4.69. The van der Waals surface area contributed by atoms with E-state index in [1.165, 1.54) is 34.8 Å². The van der Waals surface area contributed by atoms with Crippen LogP contribution in [0.4, 0.5) is 11.5 Å². The van der Waals surface area contributed by atoms with Gasteiger partial charge in [-0.15, -0.1) is 0 Å². The number of halogens is 1. The summed E-state index contributed by atoms with van der Waals surface area (Å²) < 4.78 is 32.4. The monoisotopic (exact) mass is 497 g/mol. The molecular formula is C24H20ClN3O5S. The van der Waals surface area contributed by atoms with Crippen LogP contribution >= 0.6 is 11.6 Å². The zero-order valence-corrected chi connectivity index (χ0v) is 19.4. The molecule has 0 saturated carbocycles. The molecule has 0 aliphatic carbocycles. The normalized spacial score (nSPS) is 13.0. The Hall–Kier alpha value is -3.69. The molecule has 0 saturated heterocycles. The van der Waals surface area contributed by atoms with Crippen molar-refractivity contribution >= 4 is 51.1 Å². The molecule has 1 aliphatic rings. The second kappa shape index (κ2) is 10.1. The van der Waals surface area contributed by atoms with E-state index in [0.717, 1.165) is 11.6 Å². The third-order valence-corrected chi connectivity index (χ3v) is 7.12. The number of para-hydroxylation sites is 1. The van der Waals surface area contributed by atoms with Crippen LogP contribution in [0.15, 0.2) is 77.8 Å². The fourth-order valence-corrected chi connectivity index (χ4v) is 5.03. The minimum Gasteiger partial charge on any atom is -0.452 e. The van der Waals surface area contributed by atoms with Gasteiger partial charge in [-0.2, -0.15) is 0 Å². The minimum absolute atomic E-state index is 0.163. The lowest BCUT2D eigenvalue weighted by molar-refractivity contribution is -0.142. The first-order valence-electron chi connectivity index (χ1n) is 10.3. The molecule has 1 amide bonds. The Morgan fingerprint density at radius 3 is 2.59 bits per heavy atom. The lowest BCUT2D eigenvalue weighted by Crippen LogP contribution is -2.29. The van der Waals surface area contributed by atoms with Crippen molar-refractivity contribution in [1.29, 1.82) is 0 Å². The van der Waals surface area contributed by atoms with Crippen LogP contribution in [0.1, 0.15) is 11.1 Å². The van der Waals surface area contributed by atoms with Crippen molar-refractivity contribution in [2.24, 2.45) is 0 Å². The molecule has 34 heavy (non-hydrogen) atoms. The van der Waals surface area contributed by atoms with Crippen LogP contribution in [-0.4, -0.2) is 38.4 Å². The van der Waals surface area contributed by atoms with Gasteiger partial charge in [-0.05, 0) is 54.0 Å². The van der Waals surface area contributed by atoms with E-state index in [1.54, 1.807) is 24.3 Å². The molecule has 0 atom stereocenters. The summed E-state index contributed by atoms with van der Waals surface area (Å²) in [7, 11) is -3.69. The third kappa shape index (κ3) is 5.44. The Labute approximate surface area is 201 Å². The van der Waals surface area contributed by atoms with Gasteiger partial charge in [0.1, 0.15) is 5.82 Å². The molecule has 1 N–H and O–H groups in total. The van der Waals surface area contributed by atoms with E-state index in [9.17, 15) is 18.0 Å². The standard InChI is InChI=1S/C24H20ClN3O5S/c25-19-8-11-22(26-15-19)27-23(29)16-33-24(30)12-7-17-5-9-20(10-6-17)34(31,32)28-14-13-18-3-1-2-4-21(18)28/h1-12,15H,13-14,16H2,(H,26,27,29)/b12-7+. The predicted molar refractivity (Wildman–Crippen MR) is 129 cm³/mol. The molecule has 2 aromatic carbocycles. The number of carbonyl (C=O) groups is 2. The number of hydrogen-bond acceptors (Lipinski definition) is 6. The first-order valence-corrected chi connectivity index (χ1v) is 12.1. The maximum atomic E-state index is 13.1. The van der Waals surface area contributed by atoms with Crippen molar-refractivity contribution in [2.45, 2.75) is 11.3 Å². The quantitative estimate of drug-likeness (QED) is 0.394. The maximum Gasteiger partial charge on any atom is 0.331 e. The Balaban J connectivity index is 1.32. The minimum atomic E-state index is -3.69. The number of carbonyl (C=O) groups excluding carboxylic acids is 2. The molecule has 0 bridgehead atoms. The smallest absolute Gasteiger partial charge is 0.331 e. The van der Waals surface area contributed by atoms with Crippen molar-refractivity contribution in [3.8, 4) is 0 Å². The summed E-state index contributed by atoms with van der Waals surface area (Å²) in [6, 6.07) is 16.7. The largest absolute Gasteiger partial charge is 0.452 e. The summed E-state index contributed by atoms with van der Waals surface area (Å²) in [5, 5.41) is 2.91. The molecule has 0 radical (unpaired) electrons.